The number of hydrogen-bond donors (Lipinski definition) is 1. The Bertz CT molecular complexity index is 976. The van der Waals surface area contributed by atoms with Gasteiger partial charge in [-0.25, -0.2) is 0 Å². The van der Waals surface area contributed by atoms with Crippen molar-refractivity contribution in [2.24, 2.45) is 0 Å². The molecule has 0 bridgehead atoms. The van der Waals surface area contributed by atoms with Gasteiger partial charge in [0.1, 0.15) is 5.01 Å². The summed E-state index contributed by atoms with van der Waals surface area (Å²) < 4.78 is 1.31. The van der Waals surface area contributed by atoms with Gasteiger partial charge in [-0.1, -0.05) is 46.9 Å². The van der Waals surface area contributed by atoms with Gasteiger partial charge in [-0.3, -0.25) is 9.89 Å². The molecule has 0 aliphatic carbocycles. The molecule has 0 atom stereocenters. The molecule has 3 heterocycles. The second-order valence-electron chi connectivity index (χ2n) is 4.60. The number of hydrogen-bond acceptors (Lipinski definition) is 6. The summed E-state index contributed by atoms with van der Waals surface area (Å²) in [5.74, 6) is 0. The van der Waals surface area contributed by atoms with Crippen LogP contribution in [-0.2, 0) is 12.8 Å². The Morgan fingerprint density at radius 3 is 2.82 bits per heavy atom. The number of nitrogens with zero attached hydrogens (tertiary/aromatic N) is 5. The van der Waals surface area contributed by atoms with E-state index in [1.54, 1.807) is 0 Å². The van der Waals surface area contributed by atoms with E-state index in [1.807, 2.05) is 18.2 Å². The third-order valence-corrected chi connectivity index (χ3v) is 4.18. The minimum atomic E-state index is -0.262. The van der Waals surface area contributed by atoms with Crippen molar-refractivity contribution in [3.63, 3.8) is 0 Å². The second kappa shape index (κ2) is 6.00. The Morgan fingerprint density at radius 2 is 2.00 bits per heavy atom. The van der Waals surface area contributed by atoms with E-state index in [4.69, 9.17) is 0 Å². The Hall–Kier alpha value is -2.01. The summed E-state index contributed by atoms with van der Waals surface area (Å²) in [6.07, 6.45) is 1.66. The maximum absolute atomic E-state index is 12.2. The van der Waals surface area contributed by atoms with Crippen LogP contribution in [0.15, 0.2) is 35.1 Å². The first kappa shape index (κ1) is 14.9. The number of aromatic amines is 1. The molecule has 0 amide bonds. The van der Waals surface area contributed by atoms with Gasteiger partial charge < -0.3 is 0 Å². The zero-order chi connectivity index (χ0) is 14.2. The van der Waals surface area contributed by atoms with Gasteiger partial charge in [0, 0.05) is 6.42 Å². The van der Waals surface area contributed by atoms with Crippen LogP contribution in [0.25, 0.3) is 16.1 Å². The maximum atomic E-state index is 12.2. The zero-order valence-corrected chi connectivity index (χ0v) is 11.7. The monoisotopic (exact) mass is 306 g/mol. The van der Waals surface area contributed by atoms with Crippen LogP contribution in [0.2, 0.25) is 0 Å². The van der Waals surface area contributed by atoms with E-state index in [0.717, 1.165) is 17.8 Å². The van der Waals surface area contributed by atoms with Gasteiger partial charge in [-0.2, -0.15) is 14.6 Å². The molecule has 0 aliphatic rings. The quantitative estimate of drug-likeness (QED) is 0.559. The number of aromatic nitrogens is 6. The fourth-order valence-corrected chi connectivity index (χ4v) is 3.04. The van der Waals surface area contributed by atoms with Crippen LogP contribution < -0.4 is 5.56 Å². The summed E-state index contributed by atoms with van der Waals surface area (Å²) in [6, 6.07) is 10.2. The normalized spacial score (nSPS) is 10.9. The Kier molecular flexibility index (Phi) is 4.07. The van der Waals surface area contributed by atoms with Gasteiger partial charge in [0.25, 0.3) is 0 Å². The predicted octanol–water partition coefficient (Wildman–Crippen LogP) is 0.559. The molecule has 0 radical (unpaired) electrons. The minimum absolute atomic E-state index is 0. The molecular weight excluding hydrogens is 295 g/mol. The van der Waals surface area contributed by atoms with Gasteiger partial charge in [-0.15, -0.1) is 5.10 Å². The summed E-state index contributed by atoms with van der Waals surface area (Å²) in [4.78, 5) is 17.0. The van der Waals surface area contributed by atoms with Crippen molar-refractivity contribution in [1.82, 2.24) is 30.0 Å². The Balaban J connectivity index is 0.00000144. The van der Waals surface area contributed by atoms with Crippen LogP contribution in [-0.4, -0.2) is 48.9 Å². The van der Waals surface area contributed by atoms with Crippen LogP contribution in [0.4, 0.5) is 0 Å². The van der Waals surface area contributed by atoms with E-state index < -0.39 is 0 Å². The molecule has 7 nitrogen and oxygen atoms in total. The summed E-state index contributed by atoms with van der Waals surface area (Å²) in [6.45, 7) is 0. The van der Waals surface area contributed by atoms with Crippen molar-refractivity contribution in [3.8, 4) is 0 Å². The SMILES string of the molecule is O=c1c2[nH]nnc2nc2sc(CCc3ccccc3)nn12.[LiH]. The predicted molar refractivity (Wildman–Crippen MR) is 85.6 cm³/mol. The molecule has 3 aromatic heterocycles. The molecule has 106 valence electrons. The van der Waals surface area contributed by atoms with Gasteiger partial charge in [0.2, 0.25) is 10.6 Å². The number of nitrogens with one attached hydrogen (secondary N) is 1. The fourth-order valence-electron chi connectivity index (χ4n) is 2.16. The average Bonchev–Trinajstić information content (AvgIpc) is 3.13. The van der Waals surface area contributed by atoms with Crippen molar-refractivity contribution in [1.29, 1.82) is 0 Å². The molecule has 0 saturated heterocycles. The topological polar surface area (TPSA) is 88.8 Å². The van der Waals surface area contributed by atoms with Gasteiger partial charge in [-0.05, 0) is 12.0 Å². The van der Waals surface area contributed by atoms with Gasteiger partial charge in [0.15, 0.2) is 5.52 Å². The molecule has 0 unspecified atom stereocenters. The zero-order valence-electron chi connectivity index (χ0n) is 10.9. The van der Waals surface area contributed by atoms with Crippen LogP contribution >= 0.6 is 11.3 Å². The molecular formula is C13H11LiN6OS. The van der Waals surface area contributed by atoms with E-state index in [2.05, 4.69) is 37.6 Å². The van der Waals surface area contributed by atoms with E-state index in [-0.39, 0.29) is 29.9 Å². The molecule has 0 spiro atoms. The van der Waals surface area contributed by atoms with Gasteiger partial charge in [0.05, 0.1) is 0 Å². The van der Waals surface area contributed by atoms with E-state index in [9.17, 15) is 4.79 Å². The second-order valence-corrected chi connectivity index (χ2v) is 5.64. The molecule has 1 aromatic carbocycles. The third kappa shape index (κ3) is 2.56. The van der Waals surface area contributed by atoms with E-state index in [1.165, 1.54) is 21.4 Å². The molecule has 0 aliphatic heterocycles. The van der Waals surface area contributed by atoms with E-state index >= 15 is 0 Å². The summed E-state index contributed by atoms with van der Waals surface area (Å²) in [5, 5.41) is 15.1. The average molecular weight is 306 g/mol. The van der Waals surface area contributed by atoms with Crippen LogP contribution in [0.3, 0.4) is 0 Å². The number of fused-ring (bicyclic) bond motifs is 2. The summed E-state index contributed by atoms with van der Waals surface area (Å²) in [5.41, 5.74) is 1.60. The number of aryl methyl sites for hydroxylation is 2. The standard InChI is InChI=1S/C13H10N6OS.Li.H/c20-12-10-11(16-18-15-10)14-13-19(12)17-9(21-13)7-6-8-4-2-1-3-5-8;;/h1-5H,6-7H2,(H,15,16,18);;. The Labute approximate surface area is 140 Å². The van der Waals surface area contributed by atoms with Crippen LogP contribution in [0.5, 0.6) is 0 Å². The van der Waals surface area contributed by atoms with Crippen LogP contribution in [0.1, 0.15) is 10.6 Å². The van der Waals surface area contributed by atoms with Crippen molar-refractivity contribution in [2.45, 2.75) is 12.8 Å². The summed E-state index contributed by atoms with van der Waals surface area (Å²) in [7, 11) is 0. The number of H-pyrrole nitrogens is 1. The number of benzene rings is 1. The molecule has 1 N–H and O–H groups in total. The van der Waals surface area contributed by atoms with Crippen molar-refractivity contribution in [3.05, 3.63) is 51.3 Å². The molecule has 4 aromatic rings. The first-order valence-corrected chi connectivity index (χ1v) is 7.26. The van der Waals surface area contributed by atoms with Crippen molar-refractivity contribution in [2.75, 3.05) is 0 Å². The van der Waals surface area contributed by atoms with E-state index in [0.29, 0.717) is 10.6 Å². The Morgan fingerprint density at radius 1 is 1.18 bits per heavy atom. The fraction of sp³-hybridized carbons (Fsp3) is 0.154. The van der Waals surface area contributed by atoms with Crippen LogP contribution in [0, 0.1) is 0 Å². The van der Waals surface area contributed by atoms with Crippen molar-refractivity contribution < 1.29 is 0 Å². The molecule has 0 saturated carbocycles. The third-order valence-electron chi connectivity index (χ3n) is 3.21. The first-order valence-electron chi connectivity index (χ1n) is 6.45. The van der Waals surface area contributed by atoms with Gasteiger partial charge >= 0.3 is 24.4 Å². The summed E-state index contributed by atoms with van der Waals surface area (Å²) >= 11 is 1.41. The molecule has 9 heteroatoms. The number of rotatable bonds is 3. The molecule has 0 fully saturated rings. The molecule has 4 rings (SSSR count). The van der Waals surface area contributed by atoms with Crippen molar-refractivity contribution >= 4 is 46.3 Å². The first-order chi connectivity index (χ1) is 10.3. The molecule has 22 heavy (non-hydrogen) atoms.